The minimum absolute atomic E-state index is 0.0619. The molecular weight excluding hydrogens is 314 g/mol. The van der Waals surface area contributed by atoms with Crippen molar-refractivity contribution in [2.45, 2.75) is 57.9 Å². The summed E-state index contributed by atoms with van der Waals surface area (Å²) in [5.41, 5.74) is 1.33. The van der Waals surface area contributed by atoms with Crippen LogP contribution in [0.5, 0.6) is 0 Å². The smallest absolute Gasteiger partial charge is 0.311 e. The number of hydrogen-bond donors (Lipinski definition) is 0. The fourth-order valence-electron chi connectivity index (χ4n) is 3.38. The van der Waals surface area contributed by atoms with Crippen LogP contribution in [0.4, 0.5) is 0 Å². The van der Waals surface area contributed by atoms with E-state index in [1.165, 1.54) is 12.7 Å². The van der Waals surface area contributed by atoms with Crippen molar-refractivity contribution in [2.24, 2.45) is 5.92 Å². The van der Waals surface area contributed by atoms with Gasteiger partial charge in [0.05, 0.1) is 25.2 Å². The predicted molar refractivity (Wildman–Crippen MR) is 100 cm³/mol. The fourth-order valence-corrected chi connectivity index (χ4v) is 3.38. The van der Waals surface area contributed by atoms with E-state index in [2.05, 4.69) is 49.2 Å². The highest BCUT2D eigenvalue weighted by Gasteiger charge is 2.31. The van der Waals surface area contributed by atoms with Crippen LogP contribution in [0, 0.1) is 5.92 Å². The zero-order valence-corrected chi connectivity index (χ0v) is 15.9. The van der Waals surface area contributed by atoms with E-state index < -0.39 is 0 Å². The molecule has 0 saturated carbocycles. The van der Waals surface area contributed by atoms with Crippen LogP contribution < -0.4 is 0 Å². The normalized spacial score (nSPS) is 22.1. The van der Waals surface area contributed by atoms with E-state index in [1.807, 2.05) is 19.1 Å². The van der Waals surface area contributed by atoms with Gasteiger partial charge in [0.15, 0.2) is 0 Å². The third kappa shape index (κ3) is 5.68. The van der Waals surface area contributed by atoms with E-state index in [4.69, 9.17) is 9.47 Å². The Hall–Kier alpha value is -1.65. The first-order valence-electron chi connectivity index (χ1n) is 9.20. The molecule has 4 nitrogen and oxygen atoms in total. The molecule has 4 heteroatoms. The van der Waals surface area contributed by atoms with Gasteiger partial charge in [-0.15, -0.1) is 0 Å². The monoisotopic (exact) mass is 345 g/mol. The largest absolute Gasteiger partial charge is 0.469 e. The molecule has 0 aliphatic carbocycles. The van der Waals surface area contributed by atoms with Crippen LogP contribution in [0.1, 0.15) is 38.7 Å². The second-order valence-corrected chi connectivity index (χ2v) is 6.91. The second-order valence-electron chi connectivity index (χ2n) is 6.91. The molecule has 25 heavy (non-hydrogen) atoms. The Morgan fingerprint density at radius 3 is 2.64 bits per heavy atom. The highest BCUT2D eigenvalue weighted by molar-refractivity contribution is 5.73. The van der Waals surface area contributed by atoms with Gasteiger partial charge in [0.2, 0.25) is 0 Å². The molecule has 1 aromatic rings. The molecule has 0 N–H and O–H groups in total. The fraction of sp³-hybridized carbons (Fsp3) is 0.571. The summed E-state index contributed by atoms with van der Waals surface area (Å²) in [6.07, 6.45) is 7.20. The number of carbonyl (C=O) groups excluding carboxylic acids is 1. The molecule has 4 atom stereocenters. The molecule has 0 spiro atoms. The summed E-state index contributed by atoms with van der Waals surface area (Å²) in [5.74, 6) is -0.487. The van der Waals surface area contributed by atoms with Crippen LogP contribution in [0.25, 0.3) is 0 Å². The van der Waals surface area contributed by atoms with Crippen molar-refractivity contribution < 1.29 is 14.3 Å². The number of esters is 1. The summed E-state index contributed by atoms with van der Waals surface area (Å²) < 4.78 is 10.9. The van der Waals surface area contributed by atoms with Crippen LogP contribution in [0.2, 0.25) is 0 Å². The van der Waals surface area contributed by atoms with Gasteiger partial charge in [-0.1, -0.05) is 55.8 Å². The Morgan fingerprint density at radius 1 is 1.28 bits per heavy atom. The molecule has 2 rings (SSSR count). The van der Waals surface area contributed by atoms with Gasteiger partial charge in [-0.25, -0.2) is 0 Å². The van der Waals surface area contributed by atoms with Gasteiger partial charge in [0.25, 0.3) is 0 Å². The van der Waals surface area contributed by atoms with Crippen molar-refractivity contribution >= 4 is 5.97 Å². The summed E-state index contributed by atoms with van der Waals surface area (Å²) in [4.78, 5) is 14.1. The zero-order valence-electron chi connectivity index (χ0n) is 15.9. The van der Waals surface area contributed by atoms with E-state index in [0.29, 0.717) is 6.04 Å². The molecule has 0 unspecified atom stereocenters. The van der Waals surface area contributed by atoms with Crippen molar-refractivity contribution in [1.82, 2.24) is 4.90 Å². The predicted octanol–water partition coefficient (Wildman–Crippen LogP) is 3.81. The molecule has 138 valence electrons. The van der Waals surface area contributed by atoms with Crippen molar-refractivity contribution in [1.29, 1.82) is 0 Å². The van der Waals surface area contributed by atoms with Gasteiger partial charge >= 0.3 is 5.97 Å². The van der Waals surface area contributed by atoms with Gasteiger partial charge in [0.1, 0.15) is 0 Å². The molecule has 0 aromatic heterocycles. The number of carbonyl (C=O) groups is 1. The first-order valence-corrected chi connectivity index (χ1v) is 9.20. The van der Waals surface area contributed by atoms with Crippen molar-refractivity contribution in [3.63, 3.8) is 0 Å². The molecule has 0 saturated heterocycles. The lowest BCUT2D eigenvalue weighted by Gasteiger charge is -2.30. The average molecular weight is 345 g/mol. The van der Waals surface area contributed by atoms with Crippen LogP contribution in [-0.4, -0.2) is 43.3 Å². The van der Waals surface area contributed by atoms with Crippen molar-refractivity contribution in [3.05, 3.63) is 48.0 Å². The van der Waals surface area contributed by atoms with Crippen LogP contribution in [0.15, 0.2) is 42.5 Å². The molecule has 0 radical (unpaired) electrons. The molecule has 1 aromatic carbocycles. The molecule has 1 heterocycles. The van der Waals surface area contributed by atoms with E-state index in [-0.39, 0.29) is 24.1 Å². The Bertz CT molecular complexity index is 558. The Balaban J connectivity index is 1.91. The number of hydrogen-bond acceptors (Lipinski definition) is 4. The summed E-state index contributed by atoms with van der Waals surface area (Å²) >= 11 is 0. The quantitative estimate of drug-likeness (QED) is 0.504. The summed E-state index contributed by atoms with van der Waals surface area (Å²) in [6.45, 7) is 5.01. The summed E-state index contributed by atoms with van der Waals surface area (Å²) in [7, 11) is 3.60. The molecule has 1 aliphatic heterocycles. The maximum atomic E-state index is 11.7. The number of benzene rings is 1. The number of methoxy groups -OCH3 is 1. The Kier molecular flexibility index (Phi) is 7.66. The molecule has 1 aliphatic rings. The third-order valence-electron chi connectivity index (χ3n) is 4.94. The lowest BCUT2D eigenvalue weighted by Crippen LogP contribution is -2.35. The highest BCUT2D eigenvalue weighted by atomic mass is 16.5. The first kappa shape index (κ1) is 19.7. The lowest BCUT2D eigenvalue weighted by atomic mass is 10.0. The number of nitrogens with zero attached hydrogens (tertiary/aromatic N) is 1. The van der Waals surface area contributed by atoms with Crippen LogP contribution >= 0.6 is 0 Å². The van der Waals surface area contributed by atoms with Crippen LogP contribution in [-0.2, 0) is 20.8 Å². The maximum absolute atomic E-state index is 11.7. The summed E-state index contributed by atoms with van der Waals surface area (Å²) in [5, 5.41) is 0. The standard InChI is InChI=1S/C21H31NO3/c1-5-9-18(22(3)15-17-10-7-6-8-11-17)14-19-12-13-20(25-19)16(2)21(23)24-4/h6-8,10-13,16,18-20H,5,9,14-15H2,1-4H3/t16-,18-,19+,20-/m1/s1. The van der Waals surface area contributed by atoms with Crippen LogP contribution in [0.3, 0.4) is 0 Å². The molecular formula is C21H31NO3. The lowest BCUT2D eigenvalue weighted by molar-refractivity contribution is -0.149. The minimum Gasteiger partial charge on any atom is -0.469 e. The van der Waals surface area contributed by atoms with E-state index in [1.54, 1.807) is 0 Å². The molecule has 0 bridgehead atoms. The van der Waals surface area contributed by atoms with Gasteiger partial charge in [-0.3, -0.25) is 9.69 Å². The zero-order chi connectivity index (χ0) is 18.2. The van der Waals surface area contributed by atoms with Gasteiger partial charge in [-0.05, 0) is 32.4 Å². The van der Waals surface area contributed by atoms with Gasteiger partial charge < -0.3 is 9.47 Å². The van der Waals surface area contributed by atoms with E-state index in [0.717, 1.165) is 25.8 Å². The SMILES string of the molecule is CCC[C@H](C[C@@H]1C=C[C@H]([C@@H](C)C(=O)OC)O1)N(C)Cc1ccccc1. The van der Waals surface area contributed by atoms with E-state index in [9.17, 15) is 4.79 Å². The topological polar surface area (TPSA) is 38.8 Å². The van der Waals surface area contributed by atoms with Crippen molar-refractivity contribution in [2.75, 3.05) is 14.2 Å². The van der Waals surface area contributed by atoms with Gasteiger partial charge in [0, 0.05) is 12.6 Å². The van der Waals surface area contributed by atoms with Crippen molar-refractivity contribution in [3.8, 4) is 0 Å². The second kappa shape index (κ2) is 9.73. The number of ether oxygens (including phenoxy) is 2. The molecule has 0 fully saturated rings. The van der Waals surface area contributed by atoms with Gasteiger partial charge in [-0.2, -0.15) is 0 Å². The summed E-state index contributed by atoms with van der Waals surface area (Å²) in [6, 6.07) is 11.0. The average Bonchev–Trinajstić information content (AvgIpc) is 3.09. The van der Waals surface area contributed by atoms with E-state index >= 15 is 0 Å². The first-order chi connectivity index (χ1) is 12.0. The molecule has 0 amide bonds. The Morgan fingerprint density at radius 2 is 2.00 bits per heavy atom. The third-order valence-corrected chi connectivity index (χ3v) is 4.94. The highest BCUT2D eigenvalue weighted by Crippen LogP contribution is 2.25. The Labute approximate surface area is 151 Å². The minimum atomic E-state index is -0.266. The number of rotatable bonds is 9. The maximum Gasteiger partial charge on any atom is 0.311 e.